The summed E-state index contributed by atoms with van der Waals surface area (Å²) in [5.74, 6) is 0. The minimum atomic E-state index is 1.05. The SMILES string of the molecule is CCc1c(C)nn(-c2ccccc2C)c1C. The molecule has 2 aromatic rings. The molecule has 2 nitrogen and oxygen atoms in total. The van der Waals surface area contributed by atoms with E-state index in [1.54, 1.807) is 0 Å². The number of benzene rings is 1. The minimum Gasteiger partial charge on any atom is -0.237 e. The first-order chi connectivity index (χ1) is 7.65. The third kappa shape index (κ3) is 1.64. The van der Waals surface area contributed by atoms with E-state index in [0.717, 1.165) is 12.1 Å². The molecule has 0 aliphatic heterocycles. The van der Waals surface area contributed by atoms with Crippen molar-refractivity contribution in [2.75, 3.05) is 0 Å². The van der Waals surface area contributed by atoms with Crippen molar-refractivity contribution in [2.45, 2.75) is 34.1 Å². The summed E-state index contributed by atoms with van der Waals surface area (Å²) in [5, 5.41) is 4.63. The van der Waals surface area contributed by atoms with Crippen LogP contribution in [0.3, 0.4) is 0 Å². The summed E-state index contributed by atoms with van der Waals surface area (Å²) in [7, 11) is 0. The maximum atomic E-state index is 4.63. The van der Waals surface area contributed by atoms with Crippen LogP contribution in [0.2, 0.25) is 0 Å². The highest BCUT2D eigenvalue weighted by Gasteiger charge is 2.11. The Morgan fingerprint density at radius 2 is 1.81 bits per heavy atom. The lowest BCUT2D eigenvalue weighted by Crippen LogP contribution is -2.01. The van der Waals surface area contributed by atoms with Crippen LogP contribution >= 0.6 is 0 Å². The molecule has 0 bridgehead atoms. The maximum Gasteiger partial charge on any atom is 0.0678 e. The fourth-order valence-electron chi connectivity index (χ4n) is 2.22. The van der Waals surface area contributed by atoms with Gasteiger partial charge in [-0.2, -0.15) is 5.10 Å². The highest BCUT2D eigenvalue weighted by Crippen LogP contribution is 2.20. The van der Waals surface area contributed by atoms with Crippen LogP contribution in [0, 0.1) is 20.8 Å². The second-order valence-electron chi connectivity index (χ2n) is 4.20. The second-order valence-corrected chi connectivity index (χ2v) is 4.20. The van der Waals surface area contributed by atoms with Crippen LogP contribution in [-0.4, -0.2) is 9.78 Å². The van der Waals surface area contributed by atoms with Crippen molar-refractivity contribution < 1.29 is 0 Å². The summed E-state index contributed by atoms with van der Waals surface area (Å²) < 4.78 is 2.06. The van der Waals surface area contributed by atoms with Crippen molar-refractivity contribution >= 4 is 0 Å². The first-order valence-electron chi connectivity index (χ1n) is 5.76. The third-order valence-corrected chi connectivity index (χ3v) is 3.14. The van der Waals surface area contributed by atoms with Gasteiger partial charge in [-0.25, -0.2) is 4.68 Å². The fourth-order valence-corrected chi connectivity index (χ4v) is 2.22. The van der Waals surface area contributed by atoms with Crippen LogP contribution in [0.25, 0.3) is 5.69 Å². The molecule has 0 saturated heterocycles. The first-order valence-corrected chi connectivity index (χ1v) is 5.76. The largest absolute Gasteiger partial charge is 0.237 e. The van der Waals surface area contributed by atoms with Crippen molar-refractivity contribution in [3.63, 3.8) is 0 Å². The number of hydrogen-bond donors (Lipinski definition) is 0. The van der Waals surface area contributed by atoms with Crippen molar-refractivity contribution in [2.24, 2.45) is 0 Å². The smallest absolute Gasteiger partial charge is 0.0678 e. The summed E-state index contributed by atoms with van der Waals surface area (Å²) in [6, 6.07) is 8.36. The lowest BCUT2D eigenvalue weighted by atomic mass is 10.1. The zero-order valence-electron chi connectivity index (χ0n) is 10.4. The number of hydrogen-bond acceptors (Lipinski definition) is 1. The number of aryl methyl sites for hydroxylation is 2. The summed E-state index contributed by atoms with van der Waals surface area (Å²) in [6.45, 7) is 8.53. The van der Waals surface area contributed by atoms with E-state index in [2.05, 4.69) is 61.7 Å². The van der Waals surface area contributed by atoms with Crippen molar-refractivity contribution in [3.05, 3.63) is 46.8 Å². The molecule has 1 heterocycles. The average Bonchev–Trinajstić information content (AvgIpc) is 2.55. The van der Waals surface area contributed by atoms with Crippen LogP contribution in [-0.2, 0) is 6.42 Å². The molecule has 84 valence electrons. The molecule has 0 saturated carbocycles. The Labute approximate surface area is 96.9 Å². The van der Waals surface area contributed by atoms with Gasteiger partial charge in [0.25, 0.3) is 0 Å². The van der Waals surface area contributed by atoms with Gasteiger partial charge in [0.15, 0.2) is 0 Å². The van der Waals surface area contributed by atoms with E-state index in [1.807, 2.05) is 0 Å². The molecule has 0 atom stereocenters. The minimum absolute atomic E-state index is 1.05. The van der Waals surface area contributed by atoms with Crippen molar-refractivity contribution in [1.29, 1.82) is 0 Å². The second kappa shape index (κ2) is 4.12. The molecule has 1 aromatic heterocycles. The van der Waals surface area contributed by atoms with Gasteiger partial charge < -0.3 is 0 Å². The summed E-state index contributed by atoms with van der Waals surface area (Å²) in [6.07, 6.45) is 1.05. The van der Waals surface area contributed by atoms with Gasteiger partial charge in [0, 0.05) is 5.69 Å². The van der Waals surface area contributed by atoms with E-state index in [0.29, 0.717) is 0 Å². The molecule has 0 N–H and O–H groups in total. The van der Waals surface area contributed by atoms with Crippen LogP contribution < -0.4 is 0 Å². The van der Waals surface area contributed by atoms with Gasteiger partial charge in [0.05, 0.1) is 11.4 Å². The topological polar surface area (TPSA) is 17.8 Å². The number of nitrogens with zero attached hydrogens (tertiary/aromatic N) is 2. The van der Waals surface area contributed by atoms with Gasteiger partial charge in [-0.15, -0.1) is 0 Å². The zero-order valence-corrected chi connectivity index (χ0v) is 10.4. The Kier molecular flexibility index (Phi) is 2.82. The van der Waals surface area contributed by atoms with E-state index < -0.39 is 0 Å². The van der Waals surface area contributed by atoms with E-state index >= 15 is 0 Å². The molecular weight excluding hydrogens is 196 g/mol. The Morgan fingerprint density at radius 3 is 2.38 bits per heavy atom. The summed E-state index contributed by atoms with van der Waals surface area (Å²) in [5.41, 5.74) is 6.21. The fraction of sp³-hybridized carbons (Fsp3) is 0.357. The molecule has 16 heavy (non-hydrogen) atoms. The predicted molar refractivity (Wildman–Crippen MR) is 67.2 cm³/mol. The average molecular weight is 214 g/mol. The number of aromatic nitrogens is 2. The van der Waals surface area contributed by atoms with Crippen LogP contribution in [0.4, 0.5) is 0 Å². The summed E-state index contributed by atoms with van der Waals surface area (Å²) >= 11 is 0. The van der Waals surface area contributed by atoms with Crippen molar-refractivity contribution in [3.8, 4) is 5.69 Å². The summed E-state index contributed by atoms with van der Waals surface area (Å²) in [4.78, 5) is 0. The molecule has 0 amide bonds. The first kappa shape index (κ1) is 10.9. The molecule has 1 aromatic carbocycles. The Bertz CT molecular complexity index is 509. The number of para-hydroxylation sites is 1. The number of rotatable bonds is 2. The van der Waals surface area contributed by atoms with Gasteiger partial charge in [-0.3, -0.25) is 0 Å². The van der Waals surface area contributed by atoms with Gasteiger partial charge in [0.1, 0.15) is 0 Å². The molecular formula is C14H18N2. The van der Waals surface area contributed by atoms with E-state index in [1.165, 1.54) is 22.5 Å². The van der Waals surface area contributed by atoms with Gasteiger partial charge in [0.2, 0.25) is 0 Å². The molecule has 0 unspecified atom stereocenters. The monoisotopic (exact) mass is 214 g/mol. The van der Waals surface area contributed by atoms with Gasteiger partial charge in [-0.1, -0.05) is 25.1 Å². The predicted octanol–water partition coefficient (Wildman–Crippen LogP) is 3.36. The van der Waals surface area contributed by atoms with Crippen LogP contribution in [0.5, 0.6) is 0 Å². The maximum absolute atomic E-state index is 4.63. The Balaban J connectivity index is 2.62. The van der Waals surface area contributed by atoms with Gasteiger partial charge >= 0.3 is 0 Å². The molecule has 0 aliphatic rings. The van der Waals surface area contributed by atoms with E-state index in [-0.39, 0.29) is 0 Å². The van der Waals surface area contributed by atoms with Crippen LogP contribution in [0.15, 0.2) is 24.3 Å². The quantitative estimate of drug-likeness (QED) is 0.749. The molecule has 2 rings (SSSR count). The van der Waals surface area contributed by atoms with Gasteiger partial charge in [-0.05, 0) is 44.4 Å². The highest BCUT2D eigenvalue weighted by molar-refractivity contribution is 5.42. The van der Waals surface area contributed by atoms with Crippen molar-refractivity contribution in [1.82, 2.24) is 9.78 Å². The lowest BCUT2D eigenvalue weighted by molar-refractivity contribution is 0.826. The standard InChI is InChI=1S/C14H18N2/c1-5-13-11(3)15-16(12(13)4)14-9-7-6-8-10(14)2/h6-9H,5H2,1-4H3. The molecule has 2 heteroatoms. The molecule has 0 radical (unpaired) electrons. The normalized spacial score (nSPS) is 10.8. The lowest BCUT2D eigenvalue weighted by Gasteiger charge is -2.07. The Morgan fingerprint density at radius 1 is 1.12 bits per heavy atom. The van der Waals surface area contributed by atoms with E-state index in [9.17, 15) is 0 Å². The Hall–Kier alpha value is -1.57. The zero-order chi connectivity index (χ0) is 11.7. The van der Waals surface area contributed by atoms with Crippen LogP contribution in [0.1, 0.15) is 29.4 Å². The molecule has 0 aliphatic carbocycles. The molecule has 0 spiro atoms. The highest BCUT2D eigenvalue weighted by atomic mass is 15.3. The van der Waals surface area contributed by atoms with E-state index in [4.69, 9.17) is 0 Å². The molecule has 0 fully saturated rings. The third-order valence-electron chi connectivity index (χ3n) is 3.14.